The van der Waals surface area contributed by atoms with E-state index >= 15 is 0 Å². The molecule has 346 valence electrons. The van der Waals surface area contributed by atoms with Gasteiger partial charge in [0.15, 0.2) is 0 Å². The van der Waals surface area contributed by atoms with E-state index in [-0.39, 0.29) is 0 Å². The highest BCUT2D eigenvalue weighted by Gasteiger charge is 2.25. The molecule has 2 aromatic heterocycles. The van der Waals surface area contributed by atoms with Crippen LogP contribution in [0.2, 0.25) is 0 Å². The van der Waals surface area contributed by atoms with E-state index in [4.69, 9.17) is 0 Å². The largest absolute Gasteiger partial charge is 0.319 e. The lowest BCUT2D eigenvalue weighted by molar-refractivity contribution is 0.400. The van der Waals surface area contributed by atoms with E-state index in [2.05, 4.69) is 88.5 Å². The third kappa shape index (κ3) is 20.6. The maximum absolute atomic E-state index is 4.09. The van der Waals surface area contributed by atoms with Gasteiger partial charge in [-0.2, -0.15) is 0 Å². The van der Waals surface area contributed by atoms with Gasteiger partial charge in [-0.05, 0) is 90.6 Å². The first-order valence-electron chi connectivity index (χ1n) is 25.8. The molecule has 0 saturated carbocycles. The summed E-state index contributed by atoms with van der Waals surface area (Å²) in [5, 5.41) is 0. The Morgan fingerprint density at radius 2 is 0.770 bits per heavy atom. The van der Waals surface area contributed by atoms with Crippen molar-refractivity contribution < 1.29 is 0 Å². The summed E-state index contributed by atoms with van der Waals surface area (Å²) in [6.07, 6.45) is 47.3. The molecular weight excluding hydrogens is 951 g/mol. The molecule has 61 heavy (non-hydrogen) atoms. The third-order valence-electron chi connectivity index (χ3n) is 13.4. The van der Waals surface area contributed by atoms with E-state index in [1.54, 1.807) is 11.0 Å². The number of thiophene rings is 2. The van der Waals surface area contributed by atoms with E-state index < -0.39 is 0 Å². The number of benzene rings is 1. The van der Waals surface area contributed by atoms with Crippen molar-refractivity contribution >= 4 is 82.0 Å². The van der Waals surface area contributed by atoms with E-state index in [0.717, 1.165) is 11.8 Å². The minimum atomic E-state index is 0.791. The Balaban J connectivity index is 1.41. The number of halogens is 2. The summed E-state index contributed by atoms with van der Waals surface area (Å²) in [6, 6.07) is 9.94. The topological polar surface area (TPSA) is 12.0 Å². The van der Waals surface area contributed by atoms with Crippen molar-refractivity contribution in [2.24, 2.45) is 11.8 Å². The fraction of sp³-hybridized carbons (Fsp3) is 0.741. The molecule has 0 radical (unpaired) electrons. The molecule has 0 spiro atoms. The summed E-state index contributed by atoms with van der Waals surface area (Å²) in [5.41, 5.74) is 7.14. The lowest BCUT2D eigenvalue weighted by atomic mass is 9.89. The number of fused-ring (bicyclic) bond motifs is 1. The van der Waals surface area contributed by atoms with Crippen LogP contribution in [-0.2, 0) is 12.8 Å². The summed E-state index contributed by atoms with van der Waals surface area (Å²) in [7, 11) is 3.70. The van der Waals surface area contributed by atoms with Gasteiger partial charge in [0.25, 0.3) is 0 Å². The van der Waals surface area contributed by atoms with Crippen molar-refractivity contribution in [3.05, 3.63) is 43.0 Å². The highest BCUT2D eigenvalue weighted by molar-refractivity contribution is 9.11. The van der Waals surface area contributed by atoms with Crippen LogP contribution in [0, 0.1) is 11.8 Å². The Morgan fingerprint density at radius 1 is 0.443 bits per heavy atom. The molecule has 2 unspecified atom stereocenters. The van der Waals surface area contributed by atoms with E-state index in [1.807, 2.05) is 33.5 Å². The average molecular weight is 1040 g/mol. The highest BCUT2D eigenvalue weighted by atomic mass is 79.9. The van der Waals surface area contributed by atoms with E-state index in [9.17, 15) is 0 Å². The standard InChI is InChI=1S/C54H87Br2NS4/c1-5-9-13-17-21-23-27-31-35-43(33-29-25-19-15-11-7-3)39-45-41-49(58-53(45)55)47-37-38-48(52-51(47)57-61-60-52)50-42-46(54(56)59-50)40-44(34-30-26-20-16-12-8-4)36-32-28-24-22-18-14-10-6-2/h37-38,41-44,57H,5-36,39-40H2,1-4H3. The van der Waals surface area contributed by atoms with Crippen molar-refractivity contribution in [1.82, 2.24) is 0 Å². The molecule has 1 aliphatic rings. The fourth-order valence-electron chi connectivity index (χ4n) is 9.51. The molecule has 0 bridgehead atoms. The van der Waals surface area contributed by atoms with Crippen LogP contribution in [0.3, 0.4) is 0 Å². The number of rotatable bonds is 38. The van der Waals surface area contributed by atoms with Crippen LogP contribution in [0.5, 0.6) is 0 Å². The normalized spacial score (nSPS) is 13.5. The molecule has 2 atom stereocenters. The van der Waals surface area contributed by atoms with Crippen LogP contribution < -0.4 is 4.72 Å². The van der Waals surface area contributed by atoms with Gasteiger partial charge < -0.3 is 4.72 Å². The van der Waals surface area contributed by atoms with Gasteiger partial charge in [0.1, 0.15) is 0 Å². The van der Waals surface area contributed by atoms with Gasteiger partial charge in [0, 0.05) is 31.9 Å². The van der Waals surface area contributed by atoms with Gasteiger partial charge in [-0.25, -0.2) is 0 Å². The minimum absolute atomic E-state index is 0.791. The highest BCUT2D eigenvalue weighted by Crippen LogP contribution is 2.55. The Kier molecular flexibility index (Phi) is 29.5. The molecule has 4 rings (SSSR count). The maximum Gasteiger partial charge on any atom is 0.0737 e. The average Bonchev–Trinajstić information content (AvgIpc) is 4.00. The molecule has 1 aliphatic heterocycles. The first-order valence-corrected chi connectivity index (χ1v) is 31.2. The summed E-state index contributed by atoms with van der Waals surface area (Å²) >= 11 is 12.1. The lowest BCUT2D eigenvalue weighted by Gasteiger charge is -2.17. The predicted molar refractivity (Wildman–Crippen MR) is 290 cm³/mol. The quantitative estimate of drug-likeness (QED) is 0.0349. The molecule has 1 nitrogen and oxygen atoms in total. The van der Waals surface area contributed by atoms with Gasteiger partial charge >= 0.3 is 0 Å². The van der Waals surface area contributed by atoms with Gasteiger partial charge in [0.2, 0.25) is 0 Å². The summed E-state index contributed by atoms with van der Waals surface area (Å²) in [4.78, 5) is 4.22. The molecule has 3 heterocycles. The second kappa shape index (κ2) is 33.5. The third-order valence-corrected chi connectivity index (χ3v) is 19.3. The minimum Gasteiger partial charge on any atom is -0.319 e. The lowest BCUT2D eigenvalue weighted by Crippen LogP contribution is -2.05. The number of nitrogens with one attached hydrogen (secondary N) is 1. The van der Waals surface area contributed by atoms with Gasteiger partial charge in [0.05, 0.1) is 18.2 Å². The summed E-state index contributed by atoms with van der Waals surface area (Å²) in [5.74, 6) is 1.58. The number of hydrogen-bond acceptors (Lipinski definition) is 5. The monoisotopic (exact) mass is 1040 g/mol. The van der Waals surface area contributed by atoms with Crippen LogP contribution in [0.25, 0.3) is 20.9 Å². The smallest absolute Gasteiger partial charge is 0.0737 e. The number of hydrogen-bond donors (Lipinski definition) is 1. The molecule has 0 fully saturated rings. The Bertz CT molecular complexity index is 1450. The van der Waals surface area contributed by atoms with E-state index in [0.29, 0.717) is 0 Å². The molecule has 0 aliphatic carbocycles. The summed E-state index contributed by atoms with van der Waals surface area (Å²) < 4.78 is 6.45. The zero-order valence-electron chi connectivity index (χ0n) is 39.4. The Hall–Kier alpha value is 0.0800. The zero-order chi connectivity index (χ0) is 43.3. The van der Waals surface area contributed by atoms with Crippen LogP contribution in [0.4, 0.5) is 5.69 Å². The first-order chi connectivity index (χ1) is 30.0. The van der Waals surface area contributed by atoms with Crippen molar-refractivity contribution in [2.45, 2.75) is 251 Å². The van der Waals surface area contributed by atoms with Crippen molar-refractivity contribution in [1.29, 1.82) is 0 Å². The predicted octanol–water partition coefficient (Wildman–Crippen LogP) is 22.6. The van der Waals surface area contributed by atoms with Crippen LogP contribution >= 0.6 is 76.3 Å². The Morgan fingerprint density at radius 3 is 1.15 bits per heavy atom. The van der Waals surface area contributed by atoms with Crippen molar-refractivity contribution in [3.8, 4) is 20.9 Å². The second-order valence-corrected chi connectivity index (χ2v) is 25.4. The number of unbranched alkanes of at least 4 members (excludes halogenated alkanes) is 24. The number of anilines is 1. The molecule has 1 N–H and O–H groups in total. The zero-order valence-corrected chi connectivity index (χ0v) is 45.8. The van der Waals surface area contributed by atoms with Crippen molar-refractivity contribution in [3.63, 3.8) is 0 Å². The summed E-state index contributed by atoms with van der Waals surface area (Å²) in [6.45, 7) is 9.29. The molecule has 3 aromatic rings. The molecular formula is C54H87Br2NS4. The van der Waals surface area contributed by atoms with Crippen molar-refractivity contribution in [2.75, 3.05) is 4.72 Å². The second-order valence-electron chi connectivity index (χ2n) is 18.7. The fourth-order valence-corrected chi connectivity index (χ4v) is 15.2. The van der Waals surface area contributed by atoms with Crippen LogP contribution in [-0.4, -0.2) is 0 Å². The SMILES string of the molecule is CCCCCCCCCCC(CCCCCCCC)Cc1cc(-c2ccc(-c3cc(CC(CCCCCCCC)CCCCCCCCCC)c(Br)s3)c3c2NSS3)sc1Br. The maximum atomic E-state index is 4.09. The van der Waals surface area contributed by atoms with E-state index in [1.165, 1.54) is 268 Å². The molecule has 0 amide bonds. The van der Waals surface area contributed by atoms with Crippen LogP contribution in [0.15, 0.2) is 36.7 Å². The molecule has 7 heteroatoms. The molecule has 0 saturated heterocycles. The van der Waals surface area contributed by atoms with Gasteiger partial charge in [-0.15, -0.1) is 22.7 Å². The van der Waals surface area contributed by atoms with Gasteiger partial charge in [-0.3, -0.25) is 0 Å². The Labute approximate surface area is 409 Å². The van der Waals surface area contributed by atoms with Crippen LogP contribution in [0.1, 0.15) is 244 Å². The first kappa shape index (κ1) is 53.7. The molecule has 1 aromatic carbocycles. The van der Waals surface area contributed by atoms with Gasteiger partial charge in [-0.1, -0.05) is 245 Å².